The second-order valence-electron chi connectivity index (χ2n) is 4.21. The molecule has 102 valence electrons. The molecule has 1 unspecified atom stereocenters. The summed E-state index contributed by atoms with van der Waals surface area (Å²) in [6.45, 7) is 1.21. The number of carbonyl (C=O) groups is 2. The van der Waals surface area contributed by atoms with Crippen molar-refractivity contribution in [1.29, 1.82) is 0 Å². The van der Waals surface area contributed by atoms with Gasteiger partial charge >= 0.3 is 12.0 Å². The van der Waals surface area contributed by atoms with Crippen molar-refractivity contribution in [2.24, 2.45) is 0 Å². The number of nitrogens with zero attached hydrogens (tertiary/aromatic N) is 1. The molecule has 1 aliphatic rings. The summed E-state index contributed by atoms with van der Waals surface area (Å²) < 4.78 is 5.38. The van der Waals surface area contributed by atoms with Gasteiger partial charge in [0.25, 0.3) is 0 Å². The van der Waals surface area contributed by atoms with Crippen molar-refractivity contribution in [2.45, 2.75) is 18.9 Å². The van der Waals surface area contributed by atoms with Gasteiger partial charge in [-0.15, -0.1) is 0 Å². The molecule has 1 saturated heterocycles. The molecule has 7 nitrogen and oxygen atoms in total. The molecule has 0 bridgehead atoms. The van der Waals surface area contributed by atoms with Crippen LogP contribution in [0.15, 0.2) is 18.3 Å². The Morgan fingerprint density at radius 2 is 2.32 bits per heavy atom. The Bertz CT molecular complexity index is 455. The van der Waals surface area contributed by atoms with Gasteiger partial charge in [0, 0.05) is 13.2 Å². The Kier molecular flexibility index (Phi) is 4.30. The minimum atomic E-state index is -1.10. The summed E-state index contributed by atoms with van der Waals surface area (Å²) >= 11 is 0. The average Bonchev–Trinajstić information content (AvgIpc) is 2.90. The first kappa shape index (κ1) is 13.3. The molecule has 2 heterocycles. The molecule has 2 rings (SSSR count). The number of hydrogen-bond acceptors (Lipinski definition) is 4. The first-order valence-electron chi connectivity index (χ1n) is 6.01. The Labute approximate surface area is 110 Å². The molecule has 1 aromatic heterocycles. The summed E-state index contributed by atoms with van der Waals surface area (Å²) in [4.78, 5) is 25.9. The van der Waals surface area contributed by atoms with Gasteiger partial charge in [-0.3, -0.25) is 0 Å². The molecular formula is C12H15N3O4. The van der Waals surface area contributed by atoms with Crippen LogP contribution in [0.25, 0.3) is 0 Å². The monoisotopic (exact) mass is 265 g/mol. The second kappa shape index (κ2) is 6.14. The number of carboxylic acid groups (broad SMARTS) is 1. The molecule has 1 aromatic rings. The van der Waals surface area contributed by atoms with Gasteiger partial charge in [-0.25, -0.2) is 14.6 Å². The number of carboxylic acids is 1. The zero-order valence-corrected chi connectivity index (χ0v) is 10.3. The van der Waals surface area contributed by atoms with E-state index in [2.05, 4.69) is 15.6 Å². The quantitative estimate of drug-likeness (QED) is 0.756. The van der Waals surface area contributed by atoms with Crippen molar-refractivity contribution in [3.8, 4) is 0 Å². The molecule has 0 radical (unpaired) electrons. The molecule has 1 fully saturated rings. The van der Waals surface area contributed by atoms with E-state index in [4.69, 9.17) is 9.84 Å². The molecule has 3 N–H and O–H groups in total. The number of ether oxygens (including phenoxy) is 1. The summed E-state index contributed by atoms with van der Waals surface area (Å²) in [5, 5.41) is 13.9. The highest BCUT2D eigenvalue weighted by Crippen LogP contribution is 2.11. The summed E-state index contributed by atoms with van der Waals surface area (Å²) in [6.07, 6.45) is 3.36. The van der Waals surface area contributed by atoms with Gasteiger partial charge in [0.15, 0.2) is 0 Å². The van der Waals surface area contributed by atoms with E-state index in [0.29, 0.717) is 12.2 Å². The number of rotatable bonds is 4. The summed E-state index contributed by atoms with van der Waals surface area (Å²) in [5.74, 6) is -1.10. The van der Waals surface area contributed by atoms with Crippen LogP contribution in [-0.4, -0.2) is 41.3 Å². The molecule has 1 aliphatic heterocycles. The van der Waals surface area contributed by atoms with Gasteiger partial charge < -0.3 is 20.5 Å². The van der Waals surface area contributed by atoms with Crippen LogP contribution in [0.4, 0.5) is 10.5 Å². The van der Waals surface area contributed by atoms with E-state index >= 15 is 0 Å². The minimum Gasteiger partial charge on any atom is -0.477 e. The fourth-order valence-corrected chi connectivity index (χ4v) is 1.78. The van der Waals surface area contributed by atoms with Gasteiger partial charge in [-0.2, -0.15) is 0 Å². The standard InChI is InChI=1S/C12H15N3O4/c16-11(17)10-4-3-8(6-13-10)15-12(18)14-7-9-2-1-5-19-9/h3-4,6,9H,1-2,5,7H2,(H,16,17)(H2,14,15,18). The number of amides is 2. The first-order valence-corrected chi connectivity index (χ1v) is 6.01. The Morgan fingerprint density at radius 1 is 1.47 bits per heavy atom. The van der Waals surface area contributed by atoms with Gasteiger partial charge in [0.1, 0.15) is 5.69 Å². The normalized spacial score (nSPS) is 18.0. The zero-order chi connectivity index (χ0) is 13.7. The van der Waals surface area contributed by atoms with Crippen LogP contribution in [0.3, 0.4) is 0 Å². The third kappa shape index (κ3) is 3.92. The lowest BCUT2D eigenvalue weighted by Crippen LogP contribution is -2.35. The Balaban J connectivity index is 1.79. The van der Waals surface area contributed by atoms with Crippen molar-refractivity contribution in [3.05, 3.63) is 24.0 Å². The maximum Gasteiger partial charge on any atom is 0.354 e. The van der Waals surface area contributed by atoms with Crippen molar-refractivity contribution >= 4 is 17.7 Å². The van der Waals surface area contributed by atoms with Crippen LogP contribution in [0.1, 0.15) is 23.3 Å². The van der Waals surface area contributed by atoms with E-state index < -0.39 is 5.97 Å². The highest BCUT2D eigenvalue weighted by Gasteiger charge is 2.16. The highest BCUT2D eigenvalue weighted by molar-refractivity contribution is 5.90. The summed E-state index contributed by atoms with van der Waals surface area (Å²) in [6, 6.07) is 2.46. The number of aromatic nitrogens is 1. The Morgan fingerprint density at radius 3 is 2.89 bits per heavy atom. The SMILES string of the molecule is O=C(NCC1CCCO1)Nc1ccc(C(=O)O)nc1. The number of anilines is 1. The minimum absolute atomic E-state index is 0.0645. The molecule has 0 aromatic carbocycles. The van der Waals surface area contributed by atoms with Crippen molar-refractivity contribution in [1.82, 2.24) is 10.3 Å². The van der Waals surface area contributed by atoms with Crippen LogP contribution in [0.5, 0.6) is 0 Å². The third-order valence-electron chi connectivity index (χ3n) is 2.75. The van der Waals surface area contributed by atoms with E-state index in [9.17, 15) is 9.59 Å². The zero-order valence-electron chi connectivity index (χ0n) is 10.3. The fraction of sp³-hybridized carbons (Fsp3) is 0.417. The number of urea groups is 1. The van der Waals surface area contributed by atoms with Crippen LogP contribution in [0.2, 0.25) is 0 Å². The van der Waals surface area contributed by atoms with E-state index in [1.54, 1.807) is 0 Å². The number of hydrogen-bond donors (Lipinski definition) is 3. The molecule has 0 spiro atoms. The van der Waals surface area contributed by atoms with Crippen molar-refractivity contribution in [2.75, 3.05) is 18.5 Å². The number of pyridine rings is 1. The van der Waals surface area contributed by atoms with Crippen molar-refractivity contribution < 1.29 is 19.4 Å². The third-order valence-corrected chi connectivity index (χ3v) is 2.75. The predicted molar refractivity (Wildman–Crippen MR) is 67.2 cm³/mol. The maximum absolute atomic E-state index is 11.6. The molecule has 0 aliphatic carbocycles. The van der Waals surface area contributed by atoms with Gasteiger partial charge in [-0.1, -0.05) is 0 Å². The van der Waals surface area contributed by atoms with E-state index in [-0.39, 0.29) is 17.8 Å². The van der Waals surface area contributed by atoms with Gasteiger partial charge in [0.05, 0.1) is 18.0 Å². The van der Waals surface area contributed by atoms with Gasteiger partial charge in [0.2, 0.25) is 0 Å². The molecule has 0 saturated carbocycles. The molecule has 19 heavy (non-hydrogen) atoms. The molecule has 2 amide bonds. The molecule has 7 heteroatoms. The van der Waals surface area contributed by atoms with E-state index in [0.717, 1.165) is 19.4 Å². The van der Waals surface area contributed by atoms with Crippen LogP contribution in [0, 0.1) is 0 Å². The highest BCUT2D eigenvalue weighted by atomic mass is 16.5. The number of aromatic carboxylic acids is 1. The van der Waals surface area contributed by atoms with E-state index in [1.165, 1.54) is 18.3 Å². The second-order valence-corrected chi connectivity index (χ2v) is 4.21. The number of carbonyl (C=O) groups excluding carboxylic acids is 1. The van der Waals surface area contributed by atoms with Crippen LogP contribution >= 0.6 is 0 Å². The maximum atomic E-state index is 11.6. The van der Waals surface area contributed by atoms with E-state index in [1.807, 2.05) is 0 Å². The smallest absolute Gasteiger partial charge is 0.354 e. The number of nitrogens with one attached hydrogen (secondary N) is 2. The lowest BCUT2D eigenvalue weighted by Gasteiger charge is -2.11. The van der Waals surface area contributed by atoms with Crippen LogP contribution in [-0.2, 0) is 4.74 Å². The first-order chi connectivity index (χ1) is 9.15. The van der Waals surface area contributed by atoms with Crippen LogP contribution < -0.4 is 10.6 Å². The average molecular weight is 265 g/mol. The predicted octanol–water partition coefficient (Wildman–Crippen LogP) is 1.08. The van der Waals surface area contributed by atoms with Crippen molar-refractivity contribution in [3.63, 3.8) is 0 Å². The lowest BCUT2D eigenvalue weighted by atomic mass is 10.2. The summed E-state index contributed by atoms with van der Waals surface area (Å²) in [5.41, 5.74) is 0.375. The topological polar surface area (TPSA) is 101 Å². The van der Waals surface area contributed by atoms with Gasteiger partial charge in [-0.05, 0) is 25.0 Å². The molecular weight excluding hydrogens is 250 g/mol. The Hall–Kier alpha value is -2.15. The largest absolute Gasteiger partial charge is 0.477 e. The molecule has 1 atom stereocenters. The summed E-state index contributed by atoms with van der Waals surface area (Å²) in [7, 11) is 0. The lowest BCUT2D eigenvalue weighted by molar-refractivity contribution is 0.0690. The fourth-order valence-electron chi connectivity index (χ4n) is 1.78.